The topological polar surface area (TPSA) is 37.8 Å². The number of thiazole rings is 1. The Labute approximate surface area is 157 Å². The van der Waals surface area contributed by atoms with E-state index in [2.05, 4.69) is 28.0 Å². The van der Waals surface area contributed by atoms with Crippen molar-refractivity contribution in [3.05, 3.63) is 42.5 Å². The van der Waals surface area contributed by atoms with Gasteiger partial charge in [0.25, 0.3) is 0 Å². The van der Waals surface area contributed by atoms with Crippen molar-refractivity contribution >= 4 is 32.4 Å². The monoisotopic (exact) mass is 369 g/mol. The summed E-state index contributed by atoms with van der Waals surface area (Å²) in [5.74, 6) is 1.81. The lowest BCUT2D eigenvalue weighted by atomic mass is 10.2. The van der Waals surface area contributed by atoms with Gasteiger partial charge < -0.3 is 19.3 Å². The molecule has 0 unspecified atom stereocenters. The van der Waals surface area contributed by atoms with Gasteiger partial charge >= 0.3 is 0 Å². The third kappa shape index (κ3) is 3.42. The number of hydrogen-bond acceptors (Lipinski definition) is 6. The maximum absolute atomic E-state index is 5.60. The Bertz CT molecular complexity index is 870. The van der Waals surface area contributed by atoms with Crippen LogP contribution in [0, 0.1) is 0 Å². The summed E-state index contributed by atoms with van der Waals surface area (Å²) in [5.41, 5.74) is 2.29. The van der Waals surface area contributed by atoms with E-state index >= 15 is 0 Å². The molecule has 5 nitrogen and oxygen atoms in total. The summed E-state index contributed by atoms with van der Waals surface area (Å²) in [4.78, 5) is 9.61. The van der Waals surface area contributed by atoms with Gasteiger partial charge in [0.2, 0.25) is 0 Å². The normalized spacial score (nSPS) is 14.7. The van der Waals surface area contributed by atoms with Crippen LogP contribution in [-0.2, 0) is 0 Å². The molecule has 0 atom stereocenters. The molecule has 0 spiro atoms. The van der Waals surface area contributed by atoms with Crippen LogP contribution in [0.25, 0.3) is 10.2 Å². The van der Waals surface area contributed by atoms with Gasteiger partial charge in [-0.1, -0.05) is 11.3 Å². The lowest BCUT2D eigenvalue weighted by Gasteiger charge is -2.36. The minimum absolute atomic E-state index is 0.685. The third-order valence-electron chi connectivity index (χ3n) is 4.65. The van der Waals surface area contributed by atoms with E-state index in [1.807, 2.05) is 31.2 Å². The molecular weight excluding hydrogens is 346 g/mol. The first-order chi connectivity index (χ1) is 12.8. The van der Waals surface area contributed by atoms with Crippen molar-refractivity contribution in [1.82, 2.24) is 4.98 Å². The van der Waals surface area contributed by atoms with Crippen molar-refractivity contribution in [2.24, 2.45) is 0 Å². The summed E-state index contributed by atoms with van der Waals surface area (Å²) >= 11 is 1.75. The molecule has 0 N–H and O–H groups in total. The number of benzene rings is 2. The standard InChI is InChI=1S/C20H23N3O2S/c1-3-25-17-8-9-18-19(14-17)26-20(21-18)23-12-10-22(11-13-23)15-4-6-16(24-2)7-5-15/h4-9,14H,3,10-13H2,1-2H3. The predicted octanol–water partition coefficient (Wildman–Crippen LogP) is 4.03. The maximum Gasteiger partial charge on any atom is 0.186 e. The number of piperazine rings is 1. The molecule has 6 heteroatoms. The molecule has 1 saturated heterocycles. The molecule has 1 aliphatic rings. The van der Waals surface area contributed by atoms with Gasteiger partial charge in [-0.3, -0.25) is 0 Å². The number of aromatic nitrogens is 1. The fourth-order valence-electron chi connectivity index (χ4n) is 3.23. The van der Waals surface area contributed by atoms with Crippen molar-refractivity contribution in [3.63, 3.8) is 0 Å². The molecule has 3 aromatic rings. The SMILES string of the molecule is CCOc1ccc2nc(N3CCN(c4ccc(OC)cc4)CC3)sc2c1. The Kier molecular flexibility index (Phi) is 4.84. The van der Waals surface area contributed by atoms with E-state index in [0.29, 0.717) is 6.61 Å². The molecule has 26 heavy (non-hydrogen) atoms. The largest absolute Gasteiger partial charge is 0.497 e. The van der Waals surface area contributed by atoms with Crippen LogP contribution in [-0.4, -0.2) is 44.9 Å². The minimum atomic E-state index is 0.685. The Hall–Kier alpha value is -2.47. The van der Waals surface area contributed by atoms with Crippen molar-refractivity contribution in [1.29, 1.82) is 0 Å². The number of ether oxygens (including phenoxy) is 2. The van der Waals surface area contributed by atoms with E-state index < -0.39 is 0 Å². The van der Waals surface area contributed by atoms with Gasteiger partial charge in [-0.2, -0.15) is 0 Å². The van der Waals surface area contributed by atoms with E-state index in [4.69, 9.17) is 14.5 Å². The first-order valence-corrected chi connectivity index (χ1v) is 9.76. The second-order valence-corrected chi connectivity index (χ2v) is 7.24. The van der Waals surface area contributed by atoms with Gasteiger partial charge in [0.05, 0.1) is 23.9 Å². The first-order valence-electron chi connectivity index (χ1n) is 8.94. The second kappa shape index (κ2) is 7.41. The summed E-state index contributed by atoms with van der Waals surface area (Å²) in [6.45, 7) is 6.63. The highest BCUT2D eigenvalue weighted by atomic mass is 32.1. The molecule has 4 rings (SSSR count). The Morgan fingerprint density at radius 3 is 2.35 bits per heavy atom. The van der Waals surface area contributed by atoms with Gasteiger partial charge in [0, 0.05) is 31.9 Å². The average Bonchev–Trinajstić information content (AvgIpc) is 3.12. The summed E-state index contributed by atoms with van der Waals surface area (Å²) in [5, 5.41) is 1.10. The molecule has 0 radical (unpaired) electrons. The molecular formula is C20H23N3O2S. The molecule has 0 aliphatic carbocycles. The zero-order valence-corrected chi connectivity index (χ0v) is 16.0. The number of rotatable bonds is 5. The fraction of sp³-hybridized carbons (Fsp3) is 0.350. The minimum Gasteiger partial charge on any atom is -0.497 e. The van der Waals surface area contributed by atoms with Crippen LogP contribution < -0.4 is 19.3 Å². The third-order valence-corrected chi connectivity index (χ3v) is 5.73. The molecule has 136 valence electrons. The Morgan fingerprint density at radius 2 is 1.65 bits per heavy atom. The van der Waals surface area contributed by atoms with Crippen molar-refractivity contribution in [3.8, 4) is 11.5 Å². The van der Waals surface area contributed by atoms with Crippen molar-refractivity contribution in [2.45, 2.75) is 6.92 Å². The maximum atomic E-state index is 5.60. The quantitative estimate of drug-likeness (QED) is 0.679. The number of fused-ring (bicyclic) bond motifs is 1. The number of anilines is 2. The van der Waals surface area contributed by atoms with Gasteiger partial charge in [0.15, 0.2) is 5.13 Å². The van der Waals surface area contributed by atoms with E-state index in [-0.39, 0.29) is 0 Å². The van der Waals surface area contributed by atoms with E-state index in [1.165, 1.54) is 10.4 Å². The fourth-order valence-corrected chi connectivity index (χ4v) is 4.28. The van der Waals surface area contributed by atoms with Gasteiger partial charge in [0.1, 0.15) is 11.5 Å². The number of hydrogen-bond donors (Lipinski definition) is 0. The Balaban J connectivity index is 1.44. The van der Waals surface area contributed by atoms with Crippen molar-refractivity contribution < 1.29 is 9.47 Å². The summed E-state index contributed by atoms with van der Waals surface area (Å²) in [6, 6.07) is 14.4. The smallest absolute Gasteiger partial charge is 0.186 e. The summed E-state index contributed by atoms with van der Waals surface area (Å²) < 4.78 is 12.0. The summed E-state index contributed by atoms with van der Waals surface area (Å²) in [7, 11) is 1.70. The highest BCUT2D eigenvalue weighted by Gasteiger charge is 2.20. The highest BCUT2D eigenvalue weighted by molar-refractivity contribution is 7.22. The lowest BCUT2D eigenvalue weighted by molar-refractivity contribution is 0.341. The van der Waals surface area contributed by atoms with E-state index in [9.17, 15) is 0 Å². The second-order valence-electron chi connectivity index (χ2n) is 6.23. The van der Waals surface area contributed by atoms with Crippen LogP contribution >= 0.6 is 11.3 Å². The van der Waals surface area contributed by atoms with Gasteiger partial charge in [-0.05, 0) is 49.4 Å². The first kappa shape index (κ1) is 17.0. The zero-order valence-electron chi connectivity index (χ0n) is 15.1. The number of nitrogens with zero attached hydrogens (tertiary/aromatic N) is 3. The van der Waals surface area contributed by atoms with E-state index in [0.717, 1.165) is 48.3 Å². The molecule has 1 aliphatic heterocycles. The average molecular weight is 369 g/mol. The van der Waals surface area contributed by atoms with Crippen molar-refractivity contribution in [2.75, 3.05) is 49.7 Å². The van der Waals surface area contributed by atoms with Crippen LogP contribution in [0.3, 0.4) is 0 Å². The van der Waals surface area contributed by atoms with Crippen LogP contribution in [0.15, 0.2) is 42.5 Å². The molecule has 0 bridgehead atoms. The predicted molar refractivity (Wildman–Crippen MR) is 108 cm³/mol. The van der Waals surface area contributed by atoms with Crippen LogP contribution in [0.4, 0.5) is 10.8 Å². The molecule has 1 aromatic heterocycles. The van der Waals surface area contributed by atoms with Crippen LogP contribution in [0.2, 0.25) is 0 Å². The van der Waals surface area contributed by atoms with E-state index in [1.54, 1.807) is 18.4 Å². The molecule has 2 heterocycles. The molecule has 2 aromatic carbocycles. The molecule has 0 saturated carbocycles. The van der Waals surface area contributed by atoms with Gasteiger partial charge in [-0.15, -0.1) is 0 Å². The molecule has 0 amide bonds. The highest BCUT2D eigenvalue weighted by Crippen LogP contribution is 2.32. The Morgan fingerprint density at radius 1 is 0.962 bits per heavy atom. The zero-order chi connectivity index (χ0) is 17.9. The van der Waals surface area contributed by atoms with Crippen LogP contribution in [0.5, 0.6) is 11.5 Å². The van der Waals surface area contributed by atoms with Gasteiger partial charge in [-0.25, -0.2) is 4.98 Å². The summed E-state index contributed by atoms with van der Waals surface area (Å²) in [6.07, 6.45) is 0. The van der Waals surface area contributed by atoms with Crippen LogP contribution in [0.1, 0.15) is 6.92 Å². The lowest BCUT2D eigenvalue weighted by Crippen LogP contribution is -2.46. The number of methoxy groups -OCH3 is 1. The molecule has 1 fully saturated rings.